The molecule has 2 aromatic rings. The number of rotatable bonds is 8. The molecule has 29 heavy (non-hydrogen) atoms. The van der Waals surface area contributed by atoms with Crippen molar-refractivity contribution >= 4 is 33.2 Å². The van der Waals surface area contributed by atoms with Crippen LogP contribution in [0, 0.1) is 6.92 Å². The highest BCUT2D eigenvalue weighted by atomic mass is 35.5. The zero-order valence-corrected chi connectivity index (χ0v) is 18.9. The van der Waals surface area contributed by atoms with E-state index < -0.39 is 21.5 Å². The lowest BCUT2D eigenvalue weighted by Gasteiger charge is -2.28. The summed E-state index contributed by atoms with van der Waals surface area (Å²) in [6.07, 6.45) is 0.706. The van der Waals surface area contributed by atoms with E-state index in [4.69, 9.17) is 16.3 Å². The van der Waals surface area contributed by atoms with Crippen molar-refractivity contribution in [3.63, 3.8) is 0 Å². The Morgan fingerprint density at radius 2 is 1.79 bits per heavy atom. The summed E-state index contributed by atoms with van der Waals surface area (Å²) in [5.41, 5.74) is 0.764. The number of nitrogens with zero attached hydrogens (tertiary/aromatic N) is 1. The number of hydrogen-bond acceptors (Lipinski definition) is 4. The van der Waals surface area contributed by atoms with Gasteiger partial charge in [0.15, 0.2) is 0 Å². The number of halogens is 1. The minimum Gasteiger partial charge on any atom is -0.495 e. The van der Waals surface area contributed by atoms with Gasteiger partial charge in [0.05, 0.1) is 22.7 Å². The highest BCUT2D eigenvalue weighted by molar-refractivity contribution is 7.92. The molecule has 0 aliphatic heterocycles. The average molecular weight is 439 g/mol. The SMILES string of the molecule is CCC(C)(C)NC(=O)CN(c1ccc(OC)c(Cl)c1)S(=O)(=O)c1ccc(C)cc1. The zero-order valence-electron chi connectivity index (χ0n) is 17.3. The second-order valence-corrected chi connectivity index (χ2v) is 9.70. The molecule has 0 heterocycles. The quantitative estimate of drug-likeness (QED) is 0.671. The Bertz CT molecular complexity index is 973. The van der Waals surface area contributed by atoms with Gasteiger partial charge in [0.1, 0.15) is 12.3 Å². The molecule has 2 rings (SSSR count). The van der Waals surface area contributed by atoms with Gasteiger partial charge in [0, 0.05) is 5.54 Å². The molecule has 0 saturated carbocycles. The predicted molar refractivity (Wildman–Crippen MR) is 116 cm³/mol. The van der Waals surface area contributed by atoms with E-state index in [-0.39, 0.29) is 22.2 Å². The van der Waals surface area contributed by atoms with Gasteiger partial charge < -0.3 is 10.1 Å². The van der Waals surface area contributed by atoms with Gasteiger partial charge in [0.2, 0.25) is 5.91 Å². The van der Waals surface area contributed by atoms with Crippen molar-refractivity contribution < 1.29 is 17.9 Å². The van der Waals surface area contributed by atoms with E-state index in [2.05, 4.69) is 5.32 Å². The minimum absolute atomic E-state index is 0.0950. The molecule has 0 bridgehead atoms. The predicted octanol–water partition coefficient (Wildman–Crippen LogP) is 4.16. The molecule has 1 N–H and O–H groups in total. The summed E-state index contributed by atoms with van der Waals surface area (Å²) in [4.78, 5) is 12.8. The average Bonchev–Trinajstić information content (AvgIpc) is 2.66. The van der Waals surface area contributed by atoms with Crippen LogP contribution in [0.1, 0.15) is 32.8 Å². The molecular weight excluding hydrogens is 412 g/mol. The van der Waals surface area contributed by atoms with E-state index in [0.29, 0.717) is 12.2 Å². The topological polar surface area (TPSA) is 75.7 Å². The smallest absolute Gasteiger partial charge is 0.264 e. The van der Waals surface area contributed by atoms with Crippen LogP contribution in [0.2, 0.25) is 5.02 Å². The van der Waals surface area contributed by atoms with Crippen LogP contribution in [-0.4, -0.2) is 33.5 Å². The lowest BCUT2D eigenvalue weighted by Crippen LogP contribution is -2.48. The summed E-state index contributed by atoms with van der Waals surface area (Å²) in [6.45, 7) is 7.21. The molecule has 0 unspecified atom stereocenters. The van der Waals surface area contributed by atoms with Crippen molar-refractivity contribution in [2.75, 3.05) is 18.0 Å². The molecule has 0 aliphatic carbocycles. The Labute approximate surface area is 177 Å². The van der Waals surface area contributed by atoms with Crippen LogP contribution >= 0.6 is 11.6 Å². The fraction of sp³-hybridized carbons (Fsp3) is 0.381. The van der Waals surface area contributed by atoms with E-state index in [1.165, 1.54) is 25.3 Å². The molecule has 0 atom stereocenters. The van der Waals surface area contributed by atoms with E-state index in [9.17, 15) is 13.2 Å². The Kier molecular flexibility index (Phi) is 7.19. The molecule has 0 aliphatic rings. The molecule has 1 amide bonds. The normalized spacial score (nSPS) is 11.8. The standard InChI is InChI=1S/C21H27ClN2O4S/c1-6-21(3,4)23-20(25)14-24(16-9-12-19(28-5)18(22)13-16)29(26,27)17-10-7-15(2)8-11-17/h7-13H,6,14H2,1-5H3,(H,23,25). The summed E-state index contributed by atoms with van der Waals surface area (Å²) in [5, 5.41) is 3.13. The van der Waals surface area contributed by atoms with E-state index in [1.54, 1.807) is 24.3 Å². The summed E-state index contributed by atoms with van der Waals surface area (Å²) in [7, 11) is -2.52. The van der Waals surface area contributed by atoms with E-state index >= 15 is 0 Å². The van der Waals surface area contributed by atoms with E-state index in [1.807, 2.05) is 27.7 Å². The second kappa shape index (κ2) is 9.05. The molecule has 0 spiro atoms. The number of ether oxygens (including phenoxy) is 1. The van der Waals surface area contributed by atoms with Gasteiger partial charge in [-0.1, -0.05) is 36.2 Å². The first-order chi connectivity index (χ1) is 13.5. The van der Waals surface area contributed by atoms with Gasteiger partial charge >= 0.3 is 0 Å². The first-order valence-corrected chi connectivity index (χ1v) is 11.1. The number of nitrogens with one attached hydrogen (secondary N) is 1. The summed E-state index contributed by atoms with van der Waals surface area (Å²) in [5.74, 6) is 0.0131. The number of hydrogen-bond donors (Lipinski definition) is 1. The van der Waals surface area contributed by atoms with Gasteiger partial charge in [-0.3, -0.25) is 9.10 Å². The number of anilines is 1. The third kappa shape index (κ3) is 5.64. The zero-order chi connectivity index (χ0) is 21.8. The largest absolute Gasteiger partial charge is 0.495 e. The van der Waals surface area contributed by atoms with Gasteiger partial charge in [-0.05, 0) is 57.5 Å². The maximum atomic E-state index is 13.4. The minimum atomic E-state index is -3.99. The Morgan fingerprint density at radius 3 is 2.31 bits per heavy atom. The molecule has 0 fully saturated rings. The fourth-order valence-corrected chi connectivity index (χ4v) is 4.26. The number of sulfonamides is 1. The fourth-order valence-electron chi connectivity index (χ4n) is 2.60. The summed E-state index contributed by atoms with van der Waals surface area (Å²) < 4.78 is 32.9. The lowest BCUT2D eigenvalue weighted by atomic mass is 10.0. The third-order valence-corrected chi connectivity index (χ3v) is 6.76. The van der Waals surface area contributed by atoms with Gasteiger partial charge in [-0.25, -0.2) is 8.42 Å². The van der Waals surface area contributed by atoms with Gasteiger partial charge in [0.25, 0.3) is 10.0 Å². The number of carbonyl (C=O) groups is 1. The molecule has 6 nitrogen and oxygen atoms in total. The van der Waals surface area contributed by atoms with Gasteiger partial charge in [-0.15, -0.1) is 0 Å². The van der Waals surface area contributed by atoms with Crippen LogP contribution in [0.5, 0.6) is 5.75 Å². The number of benzene rings is 2. The first-order valence-electron chi connectivity index (χ1n) is 9.24. The van der Waals surface area contributed by atoms with Crippen molar-refractivity contribution in [3.05, 3.63) is 53.1 Å². The van der Waals surface area contributed by atoms with Crippen LogP contribution in [0.15, 0.2) is 47.4 Å². The molecular formula is C21H27ClN2O4S. The Hall–Kier alpha value is -2.25. The molecule has 0 aromatic heterocycles. The molecule has 0 radical (unpaired) electrons. The maximum absolute atomic E-state index is 13.4. The molecule has 8 heteroatoms. The van der Waals surface area contributed by atoms with Crippen molar-refractivity contribution in [2.24, 2.45) is 0 Å². The van der Waals surface area contributed by atoms with Gasteiger partial charge in [-0.2, -0.15) is 0 Å². The lowest BCUT2D eigenvalue weighted by molar-refractivity contribution is -0.121. The molecule has 0 saturated heterocycles. The first kappa shape index (κ1) is 23.0. The highest BCUT2D eigenvalue weighted by Crippen LogP contribution is 2.32. The number of methoxy groups -OCH3 is 1. The second-order valence-electron chi connectivity index (χ2n) is 7.43. The van der Waals surface area contributed by atoms with Crippen molar-refractivity contribution in [3.8, 4) is 5.75 Å². The Morgan fingerprint density at radius 1 is 1.17 bits per heavy atom. The van der Waals surface area contributed by atoms with Crippen LogP contribution in [0.3, 0.4) is 0 Å². The van der Waals surface area contributed by atoms with Crippen LogP contribution < -0.4 is 14.4 Å². The third-order valence-electron chi connectivity index (χ3n) is 4.68. The van der Waals surface area contributed by atoms with Crippen molar-refractivity contribution in [2.45, 2.75) is 44.6 Å². The highest BCUT2D eigenvalue weighted by Gasteiger charge is 2.29. The Balaban J connectivity index is 2.49. The van der Waals surface area contributed by atoms with Crippen LogP contribution in [0.4, 0.5) is 5.69 Å². The van der Waals surface area contributed by atoms with Crippen molar-refractivity contribution in [1.82, 2.24) is 5.32 Å². The monoisotopic (exact) mass is 438 g/mol. The summed E-state index contributed by atoms with van der Waals surface area (Å²) >= 11 is 6.21. The van der Waals surface area contributed by atoms with Crippen molar-refractivity contribution in [1.29, 1.82) is 0 Å². The molecule has 158 valence electrons. The number of carbonyl (C=O) groups excluding carboxylic acids is 1. The summed E-state index contributed by atoms with van der Waals surface area (Å²) in [6, 6.07) is 11.1. The van der Waals surface area contributed by atoms with Crippen LogP contribution in [-0.2, 0) is 14.8 Å². The van der Waals surface area contributed by atoms with E-state index in [0.717, 1.165) is 9.87 Å². The number of amides is 1. The van der Waals surface area contributed by atoms with Crippen LogP contribution in [0.25, 0.3) is 0 Å². The molecule has 2 aromatic carbocycles. The number of aryl methyl sites for hydroxylation is 1. The maximum Gasteiger partial charge on any atom is 0.264 e.